The van der Waals surface area contributed by atoms with E-state index >= 15 is 0 Å². The van der Waals surface area contributed by atoms with Gasteiger partial charge in [-0.25, -0.2) is 0 Å². The quantitative estimate of drug-likeness (QED) is 0.589. The highest BCUT2D eigenvalue weighted by Crippen LogP contribution is 1.94. The Kier molecular flexibility index (Phi) is 10.8. The van der Waals surface area contributed by atoms with Crippen LogP contribution < -0.4 is 10.6 Å². The molecule has 0 saturated heterocycles. The predicted octanol–water partition coefficient (Wildman–Crippen LogP) is 0.679. The summed E-state index contributed by atoms with van der Waals surface area (Å²) in [4.78, 5) is 27.8. The smallest absolute Gasteiger partial charge is 0.234 e. The summed E-state index contributed by atoms with van der Waals surface area (Å²) >= 11 is 0. The van der Waals surface area contributed by atoms with Gasteiger partial charge in [-0.1, -0.05) is 13.8 Å². The summed E-state index contributed by atoms with van der Waals surface area (Å²) in [5, 5.41) is 5.81. The standard InChI is InChI=1S/C16H34N4O2/c1-7-19(11-15(21)17-13(3)4)9-10-20(8-2)12-16(22)18-14(5)6/h13-14H,7-12H2,1-6H3,(H,17,21)(H,18,22). The van der Waals surface area contributed by atoms with E-state index in [1.54, 1.807) is 0 Å². The normalized spacial score (nSPS) is 11.5. The molecule has 0 heterocycles. The molecule has 0 bridgehead atoms. The lowest BCUT2D eigenvalue weighted by Gasteiger charge is -2.26. The Hall–Kier alpha value is -1.14. The van der Waals surface area contributed by atoms with Gasteiger partial charge in [0.25, 0.3) is 0 Å². The third kappa shape index (κ3) is 10.6. The number of hydrogen-bond donors (Lipinski definition) is 2. The highest BCUT2D eigenvalue weighted by molar-refractivity contribution is 5.78. The number of carbonyl (C=O) groups is 2. The van der Waals surface area contributed by atoms with Gasteiger partial charge in [0, 0.05) is 25.2 Å². The summed E-state index contributed by atoms with van der Waals surface area (Å²) in [5.74, 6) is 0.106. The van der Waals surface area contributed by atoms with E-state index in [0.29, 0.717) is 13.1 Å². The molecule has 22 heavy (non-hydrogen) atoms. The third-order valence-electron chi connectivity index (χ3n) is 3.26. The van der Waals surface area contributed by atoms with Gasteiger partial charge in [0.1, 0.15) is 0 Å². The maximum absolute atomic E-state index is 11.8. The monoisotopic (exact) mass is 314 g/mol. The lowest BCUT2D eigenvalue weighted by Crippen LogP contribution is -2.45. The zero-order valence-corrected chi connectivity index (χ0v) is 15.1. The van der Waals surface area contributed by atoms with E-state index in [2.05, 4.69) is 20.4 Å². The second kappa shape index (κ2) is 11.4. The van der Waals surface area contributed by atoms with Crippen LogP contribution in [0.2, 0.25) is 0 Å². The lowest BCUT2D eigenvalue weighted by molar-refractivity contribution is -0.124. The Morgan fingerprint density at radius 1 is 0.773 bits per heavy atom. The van der Waals surface area contributed by atoms with Crippen LogP contribution >= 0.6 is 0 Å². The lowest BCUT2D eigenvalue weighted by atomic mass is 10.3. The van der Waals surface area contributed by atoms with Crippen molar-refractivity contribution in [2.24, 2.45) is 0 Å². The number of likely N-dealkylation sites (N-methyl/N-ethyl adjacent to an activating group) is 2. The molecule has 6 nitrogen and oxygen atoms in total. The number of rotatable bonds is 11. The highest BCUT2D eigenvalue weighted by atomic mass is 16.2. The first-order chi connectivity index (χ1) is 10.3. The van der Waals surface area contributed by atoms with E-state index < -0.39 is 0 Å². The molecule has 130 valence electrons. The average molecular weight is 314 g/mol. The molecule has 0 spiro atoms. The molecule has 0 saturated carbocycles. The zero-order valence-electron chi connectivity index (χ0n) is 15.1. The van der Waals surface area contributed by atoms with Crippen molar-refractivity contribution in [1.29, 1.82) is 0 Å². The molecule has 2 amide bonds. The van der Waals surface area contributed by atoms with E-state index in [0.717, 1.165) is 26.2 Å². The summed E-state index contributed by atoms with van der Waals surface area (Å²) in [7, 11) is 0. The molecule has 0 radical (unpaired) electrons. The van der Waals surface area contributed by atoms with Crippen LogP contribution in [0.3, 0.4) is 0 Å². The van der Waals surface area contributed by atoms with Gasteiger partial charge in [-0.2, -0.15) is 0 Å². The number of amides is 2. The number of nitrogens with zero attached hydrogens (tertiary/aromatic N) is 2. The molecule has 0 aliphatic rings. The van der Waals surface area contributed by atoms with Crippen molar-refractivity contribution in [3.63, 3.8) is 0 Å². The zero-order chi connectivity index (χ0) is 17.1. The van der Waals surface area contributed by atoms with E-state index in [1.165, 1.54) is 0 Å². The number of hydrogen-bond acceptors (Lipinski definition) is 4. The van der Waals surface area contributed by atoms with E-state index in [1.807, 2.05) is 41.5 Å². The van der Waals surface area contributed by atoms with Gasteiger partial charge < -0.3 is 10.6 Å². The van der Waals surface area contributed by atoms with E-state index in [4.69, 9.17) is 0 Å². The van der Waals surface area contributed by atoms with Gasteiger partial charge in [-0.15, -0.1) is 0 Å². The number of carbonyl (C=O) groups excluding carboxylic acids is 2. The topological polar surface area (TPSA) is 64.7 Å². The first kappa shape index (κ1) is 20.9. The van der Waals surface area contributed by atoms with Crippen molar-refractivity contribution < 1.29 is 9.59 Å². The summed E-state index contributed by atoms with van der Waals surface area (Å²) in [6, 6.07) is 0.330. The summed E-state index contributed by atoms with van der Waals surface area (Å²) in [5.41, 5.74) is 0. The van der Waals surface area contributed by atoms with Crippen LogP contribution in [0.5, 0.6) is 0 Å². The molecule has 0 rings (SSSR count). The SMILES string of the molecule is CCN(CCN(CC)CC(=O)NC(C)C)CC(=O)NC(C)C. The van der Waals surface area contributed by atoms with Crippen molar-refractivity contribution in [3.05, 3.63) is 0 Å². The fraction of sp³-hybridized carbons (Fsp3) is 0.875. The predicted molar refractivity (Wildman–Crippen MR) is 90.8 cm³/mol. The largest absolute Gasteiger partial charge is 0.353 e. The van der Waals surface area contributed by atoms with Crippen LogP contribution in [0.4, 0.5) is 0 Å². The molecular formula is C16H34N4O2. The molecule has 0 aromatic heterocycles. The number of nitrogens with one attached hydrogen (secondary N) is 2. The van der Waals surface area contributed by atoms with Crippen LogP contribution in [-0.2, 0) is 9.59 Å². The molecule has 0 aliphatic carbocycles. The summed E-state index contributed by atoms with van der Waals surface area (Å²) in [6.07, 6.45) is 0. The minimum atomic E-state index is 0.0532. The van der Waals surface area contributed by atoms with Crippen LogP contribution in [0.15, 0.2) is 0 Å². The Bertz CT molecular complexity index is 300. The van der Waals surface area contributed by atoms with E-state index in [-0.39, 0.29) is 23.9 Å². The van der Waals surface area contributed by atoms with Crippen molar-refractivity contribution >= 4 is 11.8 Å². The van der Waals surface area contributed by atoms with Crippen LogP contribution in [0.1, 0.15) is 41.5 Å². The Morgan fingerprint density at radius 3 is 1.32 bits per heavy atom. The summed E-state index contributed by atoms with van der Waals surface area (Å²) in [6.45, 7) is 15.9. The Morgan fingerprint density at radius 2 is 1.09 bits per heavy atom. The van der Waals surface area contributed by atoms with Gasteiger partial charge in [-0.05, 0) is 40.8 Å². The van der Waals surface area contributed by atoms with Gasteiger partial charge in [0.05, 0.1) is 13.1 Å². The Labute approximate surface area is 135 Å². The molecule has 2 N–H and O–H groups in total. The molecular weight excluding hydrogens is 280 g/mol. The van der Waals surface area contributed by atoms with Crippen molar-refractivity contribution in [3.8, 4) is 0 Å². The van der Waals surface area contributed by atoms with Crippen LogP contribution in [0.25, 0.3) is 0 Å². The first-order valence-electron chi connectivity index (χ1n) is 8.31. The molecule has 0 unspecified atom stereocenters. The fourth-order valence-corrected chi connectivity index (χ4v) is 2.12. The third-order valence-corrected chi connectivity index (χ3v) is 3.26. The molecule has 0 atom stereocenters. The van der Waals surface area contributed by atoms with Gasteiger partial charge in [0.15, 0.2) is 0 Å². The minimum Gasteiger partial charge on any atom is -0.353 e. The molecule has 0 aromatic carbocycles. The second-order valence-electron chi connectivity index (χ2n) is 6.18. The second-order valence-corrected chi connectivity index (χ2v) is 6.18. The first-order valence-corrected chi connectivity index (χ1v) is 8.31. The van der Waals surface area contributed by atoms with Crippen LogP contribution in [0, 0.1) is 0 Å². The maximum Gasteiger partial charge on any atom is 0.234 e. The van der Waals surface area contributed by atoms with Crippen molar-refractivity contribution in [2.75, 3.05) is 39.3 Å². The van der Waals surface area contributed by atoms with Crippen molar-refractivity contribution in [2.45, 2.75) is 53.6 Å². The van der Waals surface area contributed by atoms with E-state index in [9.17, 15) is 9.59 Å². The minimum absolute atomic E-state index is 0.0532. The Balaban J connectivity index is 4.22. The fourth-order valence-electron chi connectivity index (χ4n) is 2.12. The average Bonchev–Trinajstić information content (AvgIpc) is 2.39. The van der Waals surface area contributed by atoms with Gasteiger partial charge in [0.2, 0.25) is 11.8 Å². The van der Waals surface area contributed by atoms with Crippen LogP contribution in [-0.4, -0.2) is 73.0 Å². The van der Waals surface area contributed by atoms with Gasteiger partial charge >= 0.3 is 0 Å². The van der Waals surface area contributed by atoms with Gasteiger partial charge in [-0.3, -0.25) is 19.4 Å². The summed E-state index contributed by atoms with van der Waals surface area (Å²) < 4.78 is 0. The molecule has 6 heteroatoms. The molecule has 0 aromatic rings. The highest BCUT2D eigenvalue weighted by Gasteiger charge is 2.13. The maximum atomic E-state index is 11.8. The van der Waals surface area contributed by atoms with Crippen molar-refractivity contribution in [1.82, 2.24) is 20.4 Å². The molecule has 0 fully saturated rings. The molecule has 0 aliphatic heterocycles.